The third-order valence-electron chi connectivity index (χ3n) is 6.22. The van der Waals surface area contributed by atoms with Crippen LogP contribution in [0.4, 0.5) is 0 Å². The number of hydrogen-bond acceptors (Lipinski definition) is 5. The molecule has 1 aliphatic rings. The summed E-state index contributed by atoms with van der Waals surface area (Å²) in [4.78, 5) is 31.8. The molecule has 3 aromatic heterocycles. The van der Waals surface area contributed by atoms with E-state index in [4.69, 9.17) is 9.97 Å². The van der Waals surface area contributed by atoms with E-state index in [0.717, 1.165) is 45.7 Å². The van der Waals surface area contributed by atoms with Crippen LogP contribution in [0.5, 0.6) is 0 Å². The molecule has 0 bridgehead atoms. The maximum atomic E-state index is 12.8. The molecule has 2 aromatic carbocycles. The van der Waals surface area contributed by atoms with Crippen LogP contribution in [0.2, 0.25) is 0 Å². The molecular formula is C25H21N5O. The van der Waals surface area contributed by atoms with Crippen molar-refractivity contribution in [3.05, 3.63) is 60.4 Å². The van der Waals surface area contributed by atoms with Gasteiger partial charge in [-0.2, -0.15) is 0 Å². The highest BCUT2D eigenvalue weighted by molar-refractivity contribution is 6.21. The largest absolute Gasteiger partial charge is 0.349 e. The van der Waals surface area contributed by atoms with Gasteiger partial charge in [0.05, 0.1) is 22.1 Å². The number of nitrogens with one attached hydrogen (secondary N) is 1. The van der Waals surface area contributed by atoms with Crippen molar-refractivity contribution in [2.75, 3.05) is 0 Å². The van der Waals surface area contributed by atoms with Crippen molar-refractivity contribution >= 4 is 49.8 Å². The van der Waals surface area contributed by atoms with Gasteiger partial charge < -0.3 is 5.32 Å². The summed E-state index contributed by atoms with van der Waals surface area (Å²) in [7, 11) is 0. The lowest BCUT2D eigenvalue weighted by molar-refractivity contribution is 0.0928. The lowest BCUT2D eigenvalue weighted by Gasteiger charge is -2.22. The van der Waals surface area contributed by atoms with Crippen molar-refractivity contribution in [3.63, 3.8) is 0 Å². The number of nitrogens with zero attached hydrogens (tertiary/aromatic N) is 4. The number of aromatic nitrogens is 4. The number of carbonyl (C=O) groups is 1. The van der Waals surface area contributed by atoms with E-state index < -0.39 is 0 Å². The van der Waals surface area contributed by atoms with Crippen molar-refractivity contribution in [1.29, 1.82) is 0 Å². The number of rotatable bonds is 2. The first-order chi connectivity index (χ1) is 15.3. The zero-order valence-electron chi connectivity index (χ0n) is 17.0. The molecule has 0 aliphatic heterocycles. The van der Waals surface area contributed by atoms with Crippen LogP contribution in [0.15, 0.2) is 54.9 Å². The number of benzene rings is 2. The fourth-order valence-corrected chi connectivity index (χ4v) is 4.66. The Morgan fingerprint density at radius 2 is 1.42 bits per heavy atom. The second kappa shape index (κ2) is 7.23. The van der Waals surface area contributed by atoms with Crippen molar-refractivity contribution in [3.8, 4) is 0 Å². The van der Waals surface area contributed by atoms with E-state index in [1.54, 1.807) is 12.4 Å². The highest BCUT2D eigenvalue weighted by Gasteiger charge is 2.18. The van der Waals surface area contributed by atoms with E-state index in [1.807, 2.05) is 42.5 Å². The van der Waals surface area contributed by atoms with E-state index >= 15 is 0 Å². The summed E-state index contributed by atoms with van der Waals surface area (Å²) in [6.45, 7) is 0. The van der Waals surface area contributed by atoms with Gasteiger partial charge in [0.1, 0.15) is 11.0 Å². The van der Waals surface area contributed by atoms with Gasteiger partial charge in [0.15, 0.2) is 0 Å². The molecule has 0 unspecified atom stereocenters. The maximum absolute atomic E-state index is 12.8. The normalized spacial score (nSPS) is 15.1. The van der Waals surface area contributed by atoms with E-state index in [9.17, 15) is 4.79 Å². The zero-order chi connectivity index (χ0) is 20.8. The zero-order valence-corrected chi connectivity index (χ0v) is 17.0. The number of pyridine rings is 2. The highest BCUT2D eigenvalue weighted by atomic mass is 16.1. The van der Waals surface area contributed by atoms with E-state index in [-0.39, 0.29) is 11.9 Å². The molecule has 0 spiro atoms. The molecule has 6 heteroatoms. The van der Waals surface area contributed by atoms with Gasteiger partial charge in [-0.05, 0) is 43.2 Å². The first-order valence-electron chi connectivity index (χ1n) is 10.8. The fourth-order valence-electron chi connectivity index (χ4n) is 4.66. The Hall–Kier alpha value is -3.67. The Bertz CT molecular complexity index is 1470. The fraction of sp³-hybridized carbons (Fsp3) is 0.240. The van der Waals surface area contributed by atoms with Gasteiger partial charge in [0.25, 0.3) is 5.91 Å². The lowest BCUT2D eigenvalue weighted by Crippen LogP contribution is -2.36. The maximum Gasteiger partial charge on any atom is 0.251 e. The monoisotopic (exact) mass is 407 g/mol. The van der Waals surface area contributed by atoms with Crippen molar-refractivity contribution in [2.24, 2.45) is 0 Å². The predicted octanol–water partition coefficient (Wildman–Crippen LogP) is 4.94. The number of fused-ring (bicyclic) bond motifs is 7. The van der Waals surface area contributed by atoms with Crippen LogP contribution in [0.3, 0.4) is 0 Å². The topological polar surface area (TPSA) is 80.7 Å². The summed E-state index contributed by atoms with van der Waals surface area (Å²) < 4.78 is 0. The van der Waals surface area contributed by atoms with Crippen molar-refractivity contribution in [2.45, 2.75) is 38.1 Å². The summed E-state index contributed by atoms with van der Waals surface area (Å²) in [6.07, 6.45) is 9.28. The average molecular weight is 407 g/mol. The van der Waals surface area contributed by atoms with Crippen LogP contribution in [0, 0.1) is 0 Å². The van der Waals surface area contributed by atoms with Gasteiger partial charge in [0, 0.05) is 34.8 Å². The third-order valence-corrected chi connectivity index (χ3v) is 6.22. The molecule has 3 heterocycles. The molecule has 6 nitrogen and oxygen atoms in total. The molecule has 1 aliphatic carbocycles. The van der Waals surface area contributed by atoms with E-state index in [0.29, 0.717) is 16.6 Å². The summed E-state index contributed by atoms with van der Waals surface area (Å²) in [5.41, 5.74) is 5.08. The molecule has 0 saturated heterocycles. The molecule has 0 atom stereocenters. The van der Waals surface area contributed by atoms with Gasteiger partial charge in [0.2, 0.25) is 0 Å². The highest BCUT2D eigenvalue weighted by Crippen LogP contribution is 2.31. The predicted molar refractivity (Wildman–Crippen MR) is 122 cm³/mol. The minimum Gasteiger partial charge on any atom is -0.349 e. The van der Waals surface area contributed by atoms with E-state index in [2.05, 4.69) is 15.3 Å². The molecule has 31 heavy (non-hydrogen) atoms. The second-order valence-electron chi connectivity index (χ2n) is 8.23. The molecule has 6 rings (SSSR count). The number of amides is 1. The molecular weight excluding hydrogens is 386 g/mol. The van der Waals surface area contributed by atoms with Gasteiger partial charge >= 0.3 is 0 Å². The summed E-state index contributed by atoms with van der Waals surface area (Å²) in [5.74, 6) is -0.0427. The molecule has 1 saturated carbocycles. The van der Waals surface area contributed by atoms with Crippen LogP contribution < -0.4 is 5.32 Å². The number of carbonyl (C=O) groups excluding carboxylic acids is 1. The summed E-state index contributed by atoms with van der Waals surface area (Å²) in [6, 6.07) is 13.7. The average Bonchev–Trinajstić information content (AvgIpc) is 2.83. The Morgan fingerprint density at radius 3 is 2.10 bits per heavy atom. The van der Waals surface area contributed by atoms with Gasteiger partial charge in [-0.1, -0.05) is 31.4 Å². The summed E-state index contributed by atoms with van der Waals surface area (Å²) >= 11 is 0. The summed E-state index contributed by atoms with van der Waals surface area (Å²) in [5, 5.41) is 5.19. The smallest absolute Gasteiger partial charge is 0.251 e. The minimum absolute atomic E-state index is 0.0427. The molecule has 0 radical (unpaired) electrons. The quantitative estimate of drug-likeness (QED) is 0.331. The first kappa shape index (κ1) is 18.1. The first-order valence-corrected chi connectivity index (χ1v) is 10.8. The number of hydrogen-bond donors (Lipinski definition) is 1. The molecule has 152 valence electrons. The van der Waals surface area contributed by atoms with Crippen molar-refractivity contribution < 1.29 is 4.79 Å². The third kappa shape index (κ3) is 3.06. The van der Waals surface area contributed by atoms with Gasteiger partial charge in [-0.25, -0.2) is 9.97 Å². The van der Waals surface area contributed by atoms with Crippen LogP contribution in [0.1, 0.15) is 42.5 Å². The van der Waals surface area contributed by atoms with Gasteiger partial charge in [-0.15, -0.1) is 0 Å². The SMILES string of the molecule is O=C(NC1CCCCC1)c1ccc2nc3c4ncccc4c4cccnc4c3nc2c1. The van der Waals surface area contributed by atoms with E-state index in [1.165, 1.54) is 19.3 Å². The Labute approximate surface area is 178 Å². The second-order valence-corrected chi connectivity index (χ2v) is 8.23. The molecule has 5 aromatic rings. The van der Waals surface area contributed by atoms with Crippen LogP contribution in [0.25, 0.3) is 43.9 Å². The molecule has 1 fully saturated rings. The lowest BCUT2D eigenvalue weighted by atomic mass is 9.95. The van der Waals surface area contributed by atoms with Crippen LogP contribution in [-0.4, -0.2) is 31.9 Å². The Kier molecular flexibility index (Phi) is 4.23. The Balaban J connectivity index is 1.52. The van der Waals surface area contributed by atoms with Gasteiger partial charge in [-0.3, -0.25) is 14.8 Å². The van der Waals surface area contributed by atoms with Crippen molar-refractivity contribution in [1.82, 2.24) is 25.3 Å². The standard InChI is InChI=1S/C25H21N5O/c31-25(28-16-6-2-1-3-7-16)15-10-11-19-20(14-15)30-24-22-18(9-5-13-27-22)17-8-4-12-26-21(17)23(24)29-19/h4-5,8-14,16H,1-3,6-7H2,(H,28,31). The Morgan fingerprint density at radius 1 is 0.774 bits per heavy atom. The minimum atomic E-state index is -0.0427. The molecule has 1 amide bonds. The van der Waals surface area contributed by atoms with Crippen LogP contribution in [-0.2, 0) is 0 Å². The molecule has 1 N–H and O–H groups in total. The van der Waals surface area contributed by atoms with Crippen LogP contribution >= 0.6 is 0 Å².